The molecule has 0 fully saturated rings. The number of nitro benzene ring substituents is 1. The lowest BCUT2D eigenvalue weighted by molar-refractivity contribution is -0.384. The summed E-state index contributed by atoms with van der Waals surface area (Å²) in [6, 6.07) is 4.61. The Morgan fingerprint density at radius 3 is 2.76 bits per heavy atom. The van der Waals surface area contributed by atoms with Crippen LogP contribution in [0.5, 0.6) is 0 Å². The second-order valence-corrected chi connectivity index (χ2v) is 3.31. The standard InChI is InChI=1S/C10H9N3O4/c1-6(10(14)15)12-8-3-2-7(5-11)4-9(8)13(16)17/h2-4,6,12H,1H3,(H,14,15). The van der Waals surface area contributed by atoms with Crippen LogP contribution in [0.15, 0.2) is 18.2 Å². The van der Waals surface area contributed by atoms with Gasteiger partial charge in [0.15, 0.2) is 0 Å². The van der Waals surface area contributed by atoms with Crippen molar-refractivity contribution in [2.75, 3.05) is 5.32 Å². The van der Waals surface area contributed by atoms with Crippen molar-refractivity contribution in [1.29, 1.82) is 5.26 Å². The number of carboxylic acid groups (broad SMARTS) is 1. The first kappa shape index (κ1) is 12.4. The van der Waals surface area contributed by atoms with Gasteiger partial charge in [0.1, 0.15) is 11.7 Å². The lowest BCUT2D eigenvalue weighted by atomic mass is 10.1. The fourth-order valence-corrected chi connectivity index (χ4v) is 1.17. The van der Waals surface area contributed by atoms with Crippen LogP contribution in [0.2, 0.25) is 0 Å². The summed E-state index contributed by atoms with van der Waals surface area (Å²) in [6.07, 6.45) is 0. The lowest BCUT2D eigenvalue weighted by Crippen LogP contribution is -2.25. The second kappa shape index (κ2) is 4.94. The van der Waals surface area contributed by atoms with E-state index in [1.807, 2.05) is 0 Å². The van der Waals surface area contributed by atoms with Crippen LogP contribution in [0, 0.1) is 21.4 Å². The zero-order chi connectivity index (χ0) is 13.0. The minimum absolute atomic E-state index is 0.0731. The zero-order valence-corrected chi connectivity index (χ0v) is 8.88. The van der Waals surface area contributed by atoms with Crippen molar-refractivity contribution < 1.29 is 14.8 Å². The van der Waals surface area contributed by atoms with Gasteiger partial charge in [-0.3, -0.25) is 14.9 Å². The fourth-order valence-electron chi connectivity index (χ4n) is 1.17. The Labute approximate surface area is 96.4 Å². The van der Waals surface area contributed by atoms with Gasteiger partial charge in [-0.05, 0) is 19.1 Å². The van der Waals surface area contributed by atoms with E-state index >= 15 is 0 Å². The first-order valence-electron chi connectivity index (χ1n) is 4.63. The number of benzene rings is 1. The minimum atomic E-state index is -1.12. The van der Waals surface area contributed by atoms with Crippen LogP contribution < -0.4 is 5.32 Å². The van der Waals surface area contributed by atoms with Crippen LogP contribution in [0.4, 0.5) is 11.4 Å². The molecule has 1 unspecified atom stereocenters. The van der Waals surface area contributed by atoms with Crippen molar-refractivity contribution in [2.45, 2.75) is 13.0 Å². The second-order valence-electron chi connectivity index (χ2n) is 3.31. The molecule has 7 heteroatoms. The van der Waals surface area contributed by atoms with Crippen LogP contribution in [0.3, 0.4) is 0 Å². The van der Waals surface area contributed by atoms with Crippen LogP contribution >= 0.6 is 0 Å². The highest BCUT2D eigenvalue weighted by molar-refractivity contribution is 5.78. The number of rotatable bonds is 4. The summed E-state index contributed by atoms with van der Waals surface area (Å²) in [4.78, 5) is 20.7. The molecule has 1 rings (SSSR count). The van der Waals surface area contributed by atoms with Gasteiger partial charge in [-0.2, -0.15) is 5.26 Å². The van der Waals surface area contributed by atoms with Gasteiger partial charge in [0.2, 0.25) is 0 Å². The highest BCUT2D eigenvalue weighted by atomic mass is 16.6. The summed E-state index contributed by atoms with van der Waals surface area (Å²) in [5.74, 6) is -1.12. The van der Waals surface area contributed by atoms with Crippen molar-refractivity contribution in [3.8, 4) is 6.07 Å². The van der Waals surface area contributed by atoms with E-state index in [2.05, 4.69) is 5.32 Å². The van der Waals surface area contributed by atoms with Gasteiger partial charge < -0.3 is 10.4 Å². The number of carboxylic acids is 1. The molecule has 0 spiro atoms. The number of hydrogen-bond acceptors (Lipinski definition) is 5. The Balaban J connectivity index is 3.12. The Morgan fingerprint density at radius 1 is 1.65 bits per heavy atom. The third kappa shape index (κ3) is 2.92. The molecule has 0 aliphatic heterocycles. The molecule has 0 saturated carbocycles. The molecule has 1 atom stereocenters. The van der Waals surface area contributed by atoms with Crippen molar-refractivity contribution in [3.63, 3.8) is 0 Å². The van der Waals surface area contributed by atoms with E-state index < -0.39 is 16.9 Å². The van der Waals surface area contributed by atoms with Crippen molar-refractivity contribution in [1.82, 2.24) is 0 Å². The number of nitro groups is 1. The third-order valence-electron chi connectivity index (χ3n) is 2.07. The van der Waals surface area contributed by atoms with Crippen molar-refractivity contribution in [3.05, 3.63) is 33.9 Å². The van der Waals surface area contributed by atoms with Crippen LogP contribution in [-0.2, 0) is 4.79 Å². The van der Waals surface area contributed by atoms with Gasteiger partial charge in [0, 0.05) is 6.07 Å². The zero-order valence-electron chi connectivity index (χ0n) is 8.88. The quantitative estimate of drug-likeness (QED) is 0.601. The van der Waals surface area contributed by atoms with Crippen molar-refractivity contribution >= 4 is 17.3 Å². The molecule has 17 heavy (non-hydrogen) atoms. The first-order valence-corrected chi connectivity index (χ1v) is 4.63. The maximum atomic E-state index is 10.7. The predicted molar refractivity (Wildman–Crippen MR) is 58.5 cm³/mol. The summed E-state index contributed by atoms with van der Waals surface area (Å²) in [6.45, 7) is 1.37. The number of nitrogens with zero attached hydrogens (tertiary/aromatic N) is 2. The van der Waals surface area contributed by atoms with Gasteiger partial charge in [0.05, 0.1) is 16.6 Å². The van der Waals surface area contributed by atoms with E-state index in [4.69, 9.17) is 10.4 Å². The molecule has 1 aromatic rings. The van der Waals surface area contributed by atoms with Gasteiger partial charge in [-0.25, -0.2) is 0 Å². The van der Waals surface area contributed by atoms with Gasteiger partial charge in [-0.1, -0.05) is 0 Å². The molecule has 0 aromatic heterocycles. The molecule has 7 nitrogen and oxygen atoms in total. The summed E-state index contributed by atoms with van der Waals surface area (Å²) in [5.41, 5.74) is -0.105. The summed E-state index contributed by atoms with van der Waals surface area (Å²) in [7, 11) is 0. The molecule has 0 amide bonds. The fraction of sp³-hybridized carbons (Fsp3) is 0.200. The summed E-state index contributed by atoms with van der Waals surface area (Å²) in [5, 5.41) is 30.5. The Morgan fingerprint density at radius 2 is 2.29 bits per heavy atom. The molecule has 0 bridgehead atoms. The van der Waals surface area contributed by atoms with Gasteiger partial charge >= 0.3 is 5.97 Å². The average Bonchev–Trinajstić information content (AvgIpc) is 2.29. The monoisotopic (exact) mass is 235 g/mol. The summed E-state index contributed by atoms with van der Waals surface area (Å²) < 4.78 is 0. The third-order valence-corrected chi connectivity index (χ3v) is 2.07. The molecule has 0 aliphatic rings. The van der Waals surface area contributed by atoms with E-state index in [0.29, 0.717) is 0 Å². The normalized spacial score (nSPS) is 11.3. The number of anilines is 1. The molecular formula is C10H9N3O4. The molecule has 0 heterocycles. The minimum Gasteiger partial charge on any atom is -0.480 e. The van der Waals surface area contributed by atoms with Gasteiger partial charge in [0.25, 0.3) is 5.69 Å². The molecule has 88 valence electrons. The number of carbonyl (C=O) groups is 1. The van der Waals surface area contributed by atoms with Crippen LogP contribution in [0.1, 0.15) is 12.5 Å². The van der Waals surface area contributed by atoms with Crippen LogP contribution in [0.25, 0.3) is 0 Å². The van der Waals surface area contributed by atoms with E-state index in [9.17, 15) is 14.9 Å². The Hall–Kier alpha value is -2.62. The largest absolute Gasteiger partial charge is 0.480 e. The molecule has 0 radical (unpaired) electrons. The molecule has 2 N–H and O–H groups in total. The van der Waals surface area contributed by atoms with E-state index in [0.717, 1.165) is 6.07 Å². The SMILES string of the molecule is CC(Nc1ccc(C#N)cc1[N+](=O)[O-])C(=O)O. The van der Waals surface area contributed by atoms with Crippen molar-refractivity contribution in [2.24, 2.45) is 0 Å². The maximum Gasteiger partial charge on any atom is 0.325 e. The van der Waals surface area contributed by atoms with Crippen LogP contribution in [-0.4, -0.2) is 22.0 Å². The maximum absolute atomic E-state index is 10.7. The summed E-state index contributed by atoms with van der Waals surface area (Å²) >= 11 is 0. The number of nitriles is 1. The highest BCUT2D eigenvalue weighted by Gasteiger charge is 2.18. The number of aliphatic carboxylic acids is 1. The highest BCUT2D eigenvalue weighted by Crippen LogP contribution is 2.25. The molecular weight excluding hydrogens is 226 g/mol. The average molecular weight is 235 g/mol. The van der Waals surface area contributed by atoms with E-state index in [1.54, 1.807) is 6.07 Å². The Bertz CT molecular complexity index is 507. The topological polar surface area (TPSA) is 116 Å². The Kier molecular flexibility index (Phi) is 3.62. The van der Waals surface area contributed by atoms with E-state index in [-0.39, 0.29) is 16.9 Å². The van der Waals surface area contributed by atoms with E-state index in [1.165, 1.54) is 19.1 Å². The van der Waals surface area contributed by atoms with Gasteiger partial charge in [-0.15, -0.1) is 0 Å². The molecule has 0 aliphatic carbocycles. The first-order chi connectivity index (χ1) is 7.95. The number of hydrogen-bond donors (Lipinski definition) is 2. The molecule has 1 aromatic carbocycles. The lowest BCUT2D eigenvalue weighted by Gasteiger charge is -2.10. The predicted octanol–water partition coefficient (Wildman–Crippen LogP) is 1.35. The smallest absolute Gasteiger partial charge is 0.325 e. The number of nitrogens with one attached hydrogen (secondary N) is 1. The molecule has 0 saturated heterocycles.